The van der Waals surface area contributed by atoms with Gasteiger partial charge in [-0.2, -0.15) is 0 Å². The van der Waals surface area contributed by atoms with Crippen LogP contribution in [0.15, 0.2) is 24.3 Å². The first kappa shape index (κ1) is 12.9. The summed E-state index contributed by atoms with van der Waals surface area (Å²) in [5.74, 6) is -0.162. The first-order valence-corrected chi connectivity index (χ1v) is 6.73. The molecule has 2 amide bonds. The van der Waals surface area contributed by atoms with Crippen LogP contribution in [-0.2, 0) is 9.53 Å². The molecule has 0 radical (unpaired) electrons. The van der Waals surface area contributed by atoms with Crippen LogP contribution < -0.4 is 16.0 Å². The van der Waals surface area contributed by atoms with E-state index >= 15 is 0 Å². The lowest BCUT2D eigenvalue weighted by atomic mass is 9.77. The summed E-state index contributed by atoms with van der Waals surface area (Å²) in [6.07, 6.45) is 2.07. The normalized spacial score (nSPS) is 20.2. The lowest BCUT2D eigenvalue weighted by molar-refractivity contribution is -0.123. The molecule has 2 fully saturated rings. The molecule has 20 heavy (non-hydrogen) atoms. The number of cyclic esters (lactones) is 1. The summed E-state index contributed by atoms with van der Waals surface area (Å²) < 4.78 is 4.90. The molecular weight excluding hydrogens is 258 g/mol. The second-order valence-corrected chi connectivity index (χ2v) is 5.28. The van der Waals surface area contributed by atoms with Crippen molar-refractivity contribution in [3.8, 4) is 0 Å². The summed E-state index contributed by atoms with van der Waals surface area (Å²) >= 11 is 0. The fourth-order valence-electron chi connectivity index (χ4n) is 2.42. The highest BCUT2D eigenvalue weighted by Crippen LogP contribution is 2.31. The van der Waals surface area contributed by atoms with Gasteiger partial charge in [-0.15, -0.1) is 0 Å². The molecule has 1 heterocycles. The van der Waals surface area contributed by atoms with E-state index in [1.807, 2.05) is 6.07 Å². The zero-order valence-corrected chi connectivity index (χ0v) is 11.1. The third-order valence-corrected chi connectivity index (χ3v) is 3.87. The van der Waals surface area contributed by atoms with Gasteiger partial charge in [-0.3, -0.25) is 9.69 Å². The number of nitrogens with two attached hydrogens (primary N) is 1. The van der Waals surface area contributed by atoms with Gasteiger partial charge in [-0.1, -0.05) is 6.07 Å². The summed E-state index contributed by atoms with van der Waals surface area (Å²) in [6.45, 7) is 0.915. The highest BCUT2D eigenvalue weighted by atomic mass is 16.6. The highest BCUT2D eigenvalue weighted by Gasteiger charge is 2.40. The Bertz CT molecular complexity index is 554. The van der Waals surface area contributed by atoms with Crippen molar-refractivity contribution in [2.75, 3.05) is 23.4 Å². The molecule has 2 aliphatic rings. The Morgan fingerprint density at radius 3 is 2.80 bits per heavy atom. The Hall–Kier alpha value is -2.08. The molecule has 1 aliphatic carbocycles. The van der Waals surface area contributed by atoms with E-state index in [4.69, 9.17) is 10.5 Å². The largest absolute Gasteiger partial charge is 0.447 e. The van der Waals surface area contributed by atoms with Crippen LogP contribution in [0.2, 0.25) is 0 Å². The van der Waals surface area contributed by atoms with Gasteiger partial charge in [0.1, 0.15) is 6.61 Å². The van der Waals surface area contributed by atoms with E-state index in [1.165, 1.54) is 4.90 Å². The number of ether oxygens (including phenoxy) is 1. The number of hydrogen-bond donors (Lipinski definition) is 2. The lowest BCUT2D eigenvalue weighted by Crippen LogP contribution is -2.56. The summed E-state index contributed by atoms with van der Waals surface area (Å²) in [4.78, 5) is 25.1. The van der Waals surface area contributed by atoms with E-state index < -0.39 is 5.54 Å². The van der Waals surface area contributed by atoms with Crippen molar-refractivity contribution in [1.82, 2.24) is 0 Å². The maximum atomic E-state index is 12.1. The fourth-order valence-corrected chi connectivity index (χ4v) is 2.42. The van der Waals surface area contributed by atoms with Gasteiger partial charge in [0.2, 0.25) is 5.91 Å². The Labute approximate surface area is 116 Å². The van der Waals surface area contributed by atoms with E-state index in [2.05, 4.69) is 5.32 Å². The van der Waals surface area contributed by atoms with Crippen LogP contribution in [0.1, 0.15) is 19.3 Å². The van der Waals surface area contributed by atoms with Gasteiger partial charge in [-0.05, 0) is 37.5 Å². The molecule has 0 spiro atoms. The van der Waals surface area contributed by atoms with Gasteiger partial charge >= 0.3 is 6.09 Å². The molecule has 0 bridgehead atoms. The van der Waals surface area contributed by atoms with Crippen LogP contribution in [0.25, 0.3) is 0 Å². The third kappa shape index (κ3) is 2.22. The molecule has 1 aliphatic heterocycles. The predicted octanol–water partition coefficient (Wildman–Crippen LogP) is 1.46. The minimum absolute atomic E-state index is 0.162. The molecule has 0 unspecified atom stereocenters. The van der Waals surface area contributed by atoms with E-state index in [1.54, 1.807) is 18.2 Å². The Morgan fingerprint density at radius 2 is 2.20 bits per heavy atom. The van der Waals surface area contributed by atoms with Crippen LogP contribution in [0, 0.1) is 0 Å². The molecule has 3 rings (SSSR count). The molecule has 1 saturated heterocycles. The molecule has 6 nitrogen and oxygen atoms in total. The zero-order chi connectivity index (χ0) is 14.2. The maximum Gasteiger partial charge on any atom is 0.414 e. The smallest absolute Gasteiger partial charge is 0.414 e. The summed E-state index contributed by atoms with van der Waals surface area (Å²) in [7, 11) is 0. The minimum Gasteiger partial charge on any atom is -0.447 e. The zero-order valence-electron chi connectivity index (χ0n) is 11.1. The van der Waals surface area contributed by atoms with E-state index in [0.717, 1.165) is 19.3 Å². The van der Waals surface area contributed by atoms with Gasteiger partial charge in [0.05, 0.1) is 12.1 Å². The standard InChI is InChI=1S/C14H17N3O3/c15-14(5-2-6-14)12(18)16-10-3-1-4-11(9-10)17-7-8-20-13(17)19/h1,3-4,9H,2,5-8,15H2,(H,16,18). The number of amides is 2. The Kier molecular flexibility index (Phi) is 3.10. The summed E-state index contributed by atoms with van der Waals surface area (Å²) in [5, 5.41) is 2.82. The van der Waals surface area contributed by atoms with Gasteiger partial charge in [0.15, 0.2) is 0 Å². The average molecular weight is 275 g/mol. The molecule has 1 aromatic carbocycles. The number of nitrogens with one attached hydrogen (secondary N) is 1. The van der Waals surface area contributed by atoms with Crippen molar-refractivity contribution in [3.63, 3.8) is 0 Å². The van der Waals surface area contributed by atoms with E-state index in [-0.39, 0.29) is 12.0 Å². The van der Waals surface area contributed by atoms with Crippen molar-refractivity contribution in [3.05, 3.63) is 24.3 Å². The average Bonchev–Trinajstić information content (AvgIpc) is 2.82. The van der Waals surface area contributed by atoms with Crippen molar-refractivity contribution in [2.24, 2.45) is 5.73 Å². The van der Waals surface area contributed by atoms with E-state index in [9.17, 15) is 9.59 Å². The number of carbonyl (C=O) groups excluding carboxylic acids is 2. The third-order valence-electron chi connectivity index (χ3n) is 3.87. The fraction of sp³-hybridized carbons (Fsp3) is 0.429. The molecule has 1 aromatic rings. The Balaban J connectivity index is 1.74. The molecular formula is C14H17N3O3. The molecule has 106 valence electrons. The lowest BCUT2D eigenvalue weighted by Gasteiger charge is -2.36. The first-order chi connectivity index (χ1) is 9.58. The van der Waals surface area contributed by atoms with Gasteiger partial charge in [0, 0.05) is 11.4 Å². The molecule has 6 heteroatoms. The summed E-state index contributed by atoms with van der Waals surface area (Å²) in [6, 6.07) is 7.14. The van der Waals surface area contributed by atoms with Crippen LogP contribution in [0.4, 0.5) is 16.2 Å². The van der Waals surface area contributed by atoms with Crippen LogP contribution in [0.5, 0.6) is 0 Å². The van der Waals surface area contributed by atoms with Crippen LogP contribution >= 0.6 is 0 Å². The first-order valence-electron chi connectivity index (χ1n) is 6.73. The molecule has 3 N–H and O–H groups in total. The van der Waals surface area contributed by atoms with Crippen molar-refractivity contribution >= 4 is 23.4 Å². The van der Waals surface area contributed by atoms with Crippen molar-refractivity contribution in [1.29, 1.82) is 0 Å². The number of anilines is 2. The van der Waals surface area contributed by atoms with Crippen LogP contribution in [-0.4, -0.2) is 30.7 Å². The molecule has 0 aromatic heterocycles. The second-order valence-electron chi connectivity index (χ2n) is 5.28. The predicted molar refractivity (Wildman–Crippen MR) is 74.5 cm³/mol. The maximum absolute atomic E-state index is 12.1. The minimum atomic E-state index is -0.734. The number of benzene rings is 1. The van der Waals surface area contributed by atoms with Gasteiger partial charge < -0.3 is 15.8 Å². The van der Waals surface area contributed by atoms with Crippen molar-refractivity contribution in [2.45, 2.75) is 24.8 Å². The number of rotatable bonds is 3. The SMILES string of the molecule is NC1(C(=O)Nc2cccc(N3CCOC3=O)c2)CCC1. The highest BCUT2D eigenvalue weighted by molar-refractivity contribution is 5.99. The molecule has 1 saturated carbocycles. The monoisotopic (exact) mass is 275 g/mol. The second kappa shape index (κ2) is 4.79. The quantitative estimate of drug-likeness (QED) is 0.874. The molecule has 0 atom stereocenters. The number of carbonyl (C=O) groups is 2. The topological polar surface area (TPSA) is 84.7 Å². The van der Waals surface area contributed by atoms with E-state index in [0.29, 0.717) is 24.5 Å². The number of nitrogens with zero attached hydrogens (tertiary/aromatic N) is 1. The number of hydrogen-bond acceptors (Lipinski definition) is 4. The Morgan fingerprint density at radius 1 is 1.40 bits per heavy atom. The van der Waals surface area contributed by atoms with Gasteiger partial charge in [0.25, 0.3) is 0 Å². The van der Waals surface area contributed by atoms with Crippen LogP contribution in [0.3, 0.4) is 0 Å². The van der Waals surface area contributed by atoms with Crippen molar-refractivity contribution < 1.29 is 14.3 Å². The summed E-state index contributed by atoms with van der Waals surface area (Å²) in [5.41, 5.74) is 6.60. The van der Waals surface area contributed by atoms with Gasteiger partial charge in [-0.25, -0.2) is 4.79 Å².